The minimum absolute atomic E-state index is 0.142. The van der Waals surface area contributed by atoms with E-state index in [1.165, 1.54) is 31.2 Å². The van der Waals surface area contributed by atoms with Crippen molar-refractivity contribution in [2.75, 3.05) is 5.32 Å². The quantitative estimate of drug-likeness (QED) is 0.914. The molecular weight excluding hydrogens is 280 g/mol. The summed E-state index contributed by atoms with van der Waals surface area (Å²) >= 11 is 1.57. The van der Waals surface area contributed by atoms with Crippen molar-refractivity contribution in [2.45, 2.75) is 39.0 Å². The number of anilines is 1. The molecular formula is C17H20N2OS. The van der Waals surface area contributed by atoms with E-state index < -0.39 is 0 Å². The van der Waals surface area contributed by atoms with E-state index in [4.69, 9.17) is 0 Å². The average molecular weight is 300 g/mol. The molecule has 0 unspecified atom stereocenters. The lowest BCUT2D eigenvalue weighted by Crippen LogP contribution is -2.20. The highest BCUT2D eigenvalue weighted by Crippen LogP contribution is 2.49. The van der Waals surface area contributed by atoms with Gasteiger partial charge in [-0.3, -0.25) is 4.79 Å². The minimum Gasteiger partial charge on any atom is -0.302 e. The van der Waals surface area contributed by atoms with Crippen LogP contribution in [-0.2, 0) is 4.79 Å². The van der Waals surface area contributed by atoms with E-state index in [1.807, 2.05) is 6.07 Å². The van der Waals surface area contributed by atoms with E-state index >= 15 is 0 Å². The molecule has 2 aromatic rings. The zero-order valence-corrected chi connectivity index (χ0v) is 13.1. The second-order valence-electron chi connectivity index (χ2n) is 6.68. The Kier molecular flexibility index (Phi) is 3.21. The first-order valence-electron chi connectivity index (χ1n) is 7.84. The highest BCUT2D eigenvalue weighted by molar-refractivity contribution is 7.22. The van der Waals surface area contributed by atoms with Gasteiger partial charge in [-0.05, 0) is 61.6 Å². The SMILES string of the molecule is Cc1ccc2nc(NC(=O)C[C@@H]3C[C@H]4CC[C@@H]3C4)sc2c1. The largest absolute Gasteiger partial charge is 0.302 e. The van der Waals surface area contributed by atoms with Crippen LogP contribution >= 0.6 is 11.3 Å². The van der Waals surface area contributed by atoms with Gasteiger partial charge >= 0.3 is 0 Å². The molecule has 4 rings (SSSR count). The van der Waals surface area contributed by atoms with Crippen molar-refractivity contribution in [2.24, 2.45) is 17.8 Å². The summed E-state index contributed by atoms with van der Waals surface area (Å²) in [5, 5.41) is 3.75. The Bertz CT molecular complexity index is 693. The number of aryl methyl sites for hydroxylation is 1. The van der Waals surface area contributed by atoms with Gasteiger partial charge in [-0.15, -0.1) is 0 Å². The number of carbonyl (C=O) groups is 1. The van der Waals surface area contributed by atoms with Crippen molar-refractivity contribution < 1.29 is 4.79 Å². The molecule has 1 amide bonds. The lowest BCUT2D eigenvalue weighted by Gasteiger charge is -2.20. The average Bonchev–Trinajstić information content (AvgIpc) is 3.12. The van der Waals surface area contributed by atoms with E-state index in [0.29, 0.717) is 12.3 Å². The highest BCUT2D eigenvalue weighted by Gasteiger charge is 2.40. The van der Waals surface area contributed by atoms with E-state index in [-0.39, 0.29) is 5.91 Å². The molecule has 2 fully saturated rings. The van der Waals surface area contributed by atoms with Gasteiger partial charge in [-0.25, -0.2) is 4.98 Å². The predicted octanol–water partition coefficient (Wildman–Crippen LogP) is 4.37. The minimum atomic E-state index is 0.142. The fourth-order valence-corrected chi connectivity index (χ4v) is 5.10. The number of benzene rings is 1. The van der Waals surface area contributed by atoms with E-state index in [2.05, 4.69) is 29.4 Å². The zero-order valence-electron chi connectivity index (χ0n) is 12.3. The van der Waals surface area contributed by atoms with Gasteiger partial charge in [0.05, 0.1) is 10.2 Å². The molecule has 21 heavy (non-hydrogen) atoms. The number of carbonyl (C=O) groups excluding carboxylic acids is 1. The third kappa shape index (κ3) is 2.57. The Morgan fingerprint density at radius 3 is 3.05 bits per heavy atom. The van der Waals surface area contributed by atoms with E-state index in [0.717, 1.165) is 27.2 Å². The summed E-state index contributed by atoms with van der Waals surface area (Å²) < 4.78 is 1.14. The Balaban J connectivity index is 1.43. The van der Waals surface area contributed by atoms with Crippen LogP contribution in [0.4, 0.5) is 5.13 Å². The normalized spacial score (nSPS) is 27.4. The number of hydrogen-bond donors (Lipinski definition) is 1. The van der Waals surface area contributed by atoms with Crippen LogP contribution in [0.15, 0.2) is 18.2 Å². The van der Waals surface area contributed by atoms with Crippen LogP contribution in [0.25, 0.3) is 10.2 Å². The maximum atomic E-state index is 12.2. The molecule has 1 N–H and O–H groups in total. The van der Waals surface area contributed by atoms with Gasteiger partial charge in [-0.1, -0.05) is 23.8 Å². The van der Waals surface area contributed by atoms with Gasteiger partial charge in [-0.2, -0.15) is 0 Å². The molecule has 1 aromatic carbocycles. The van der Waals surface area contributed by atoms with Crippen molar-refractivity contribution in [1.29, 1.82) is 0 Å². The van der Waals surface area contributed by atoms with Crippen molar-refractivity contribution in [3.8, 4) is 0 Å². The molecule has 0 aliphatic heterocycles. The van der Waals surface area contributed by atoms with Crippen LogP contribution in [0.5, 0.6) is 0 Å². The monoisotopic (exact) mass is 300 g/mol. The maximum absolute atomic E-state index is 12.2. The van der Waals surface area contributed by atoms with Gasteiger partial charge in [0.15, 0.2) is 5.13 Å². The van der Waals surface area contributed by atoms with Crippen LogP contribution in [0, 0.1) is 24.7 Å². The zero-order chi connectivity index (χ0) is 14.4. The van der Waals surface area contributed by atoms with Crippen molar-refractivity contribution in [3.05, 3.63) is 23.8 Å². The molecule has 2 aliphatic carbocycles. The molecule has 2 bridgehead atoms. The molecule has 0 spiro atoms. The summed E-state index contributed by atoms with van der Waals surface area (Å²) in [5.41, 5.74) is 2.20. The molecule has 2 aliphatic rings. The number of nitrogens with zero attached hydrogens (tertiary/aromatic N) is 1. The van der Waals surface area contributed by atoms with Crippen molar-refractivity contribution in [1.82, 2.24) is 4.98 Å². The van der Waals surface area contributed by atoms with Gasteiger partial charge in [0, 0.05) is 6.42 Å². The number of amides is 1. The van der Waals surface area contributed by atoms with Crippen molar-refractivity contribution >= 4 is 32.6 Å². The summed E-state index contributed by atoms with van der Waals surface area (Å²) in [6.07, 6.45) is 6.02. The van der Waals surface area contributed by atoms with Crippen molar-refractivity contribution in [3.63, 3.8) is 0 Å². The van der Waals surface area contributed by atoms with Crippen LogP contribution < -0.4 is 5.32 Å². The predicted molar refractivity (Wildman–Crippen MR) is 86.5 cm³/mol. The Morgan fingerprint density at radius 1 is 1.38 bits per heavy atom. The summed E-state index contributed by atoms with van der Waals surface area (Å²) in [4.78, 5) is 16.7. The molecule has 4 heteroatoms. The molecule has 0 saturated heterocycles. The first kappa shape index (κ1) is 13.3. The number of aromatic nitrogens is 1. The van der Waals surface area contributed by atoms with Gasteiger partial charge in [0.25, 0.3) is 0 Å². The molecule has 3 atom stereocenters. The topological polar surface area (TPSA) is 42.0 Å². The molecule has 1 aromatic heterocycles. The molecule has 1 heterocycles. The van der Waals surface area contributed by atoms with E-state index in [9.17, 15) is 4.79 Å². The third-order valence-corrected chi connectivity index (χ3v) is 6.06. The van der Waals surface area contributed by atoms with E-state index in [1.54, 1.807) is 11.3 Å². The first-order chi connectivity index (χ1) is 10.2. The number of rotatable bonds is 3. The highest BCUT2D eigenvalue weighted by atomic mass is 32.1. The summed E-state index contributed by atoms with van der Waals surface area (Å²) in [6, 6.07) is 6.20. The Labute approximate surface area is 128 Å². The van der Waals surface area contributed by atoms with Crippen LogP contribution in [0.2, 0.25) is 0 Å². The van der Waals surface area contributed by atoms with Gasteiger partial charge in [0.1, 0.15) is 0 Å². The fraction of sp³-hybridized carbons (Fsp3) is 0.529. The maximum Gasteiger partial charge on any atom is 0.226 e. The summed E-state index contributed by atoms with van der Waals surface area (Å²) in [5.74, 6) is 2.46. The van der Waals surface area contributed by atoms with Crippen LogP contribution in [-0.4, -0.2) is 10.9 Å². The standard InChI is InChI=1S/C17H20N2OS/c1-10-2-5-14-15(6-10)21-17(18-14)19-16(20)9-13-8-11-3-4-12(13)7-11/h2,5-6,11-13H,3-4,7-9H2,1H3,(H,18,19,20)/t11-,12+,13-/m0/s1. The Hall–Kier alpha value is -1.42. The number of hydrogen-bond acceptors (Lipinski definition) is 3. The number of fused-ring (bicyclic) bond motifs is 3. The van der Waals surface area contributed by atoms with Crippen LogP contribution in [0.1, 0.15) is 37.7 Å². The second-order valence-corrected chi connectivity index (χ2v) is 7.71. The summed E-state index contributed by atoms with van der Waals surface area (Å²) in [7, 11) is 0. The first-order valence-corrected chi connectivity index (χ1v) is 8.66. The molecule has 0 radical (unpaired) electrons. The molecule has 110 valence electrons. The number of thiazole rings is 1. The Morgan fingerprint density at radius 2 is 2.29 bits per heavy atom. The molecule has 2 saturated carbocycles. The lowest BCUT2D eigenvalue weighted by atomic mass is 9.86. The second kappa shape index (κ2) is 5.09. The van der Waals surface area contributed by atoms with Gasteiger partial charge in [0.2, 0.25) is 5.91 Å². The third-order valence-electron chi connectivity index (χ3n) is 5.12. The van der Waals surface area contributed by atoms with Gasteiger partial charge < -0.3 is 5.32 Å². The number of nitrogens with one attached hydrogen (secondary N) is 1. The summed E-state index contributed by atoms with van der Waals surface area (Å²) in [6.45, 7) is 2.08. The fourth-order valence-electron chi connectivity index (χ4n) is 4.12. The van der Waals surface area contributed by atoms with Crippen LogP contribution in [0.3, 0.4) is 0 Å². The molecule has 3 nitrogen and oxygen atoms in total. The lowest BCUT2D eigenvalue weighted by molar-refractivity contribution is -0.117. The smallest absolute Gasteiger partial charge is 0.226 e.